The molecular formula is C17H26N2O3. The van der Waals surface area contributed by atoms with Crippen molar-refractivity contribution in [2.24, 2.45) is 0 Å². The minimum atomic E-state index is -0.732. The second-order valence-corrected chi connectivity index (χ2v) is 6.06. The summed E-state index contributed by atoms with van der Waals surface area (Å²) in [5.41, 5.74) is 0.965. The Morgan fingerprint density at radius 2 is 2.09 bits per heavy atom. The van der Waals surface area contributed by atoms with Gasteiger partial charge in [0.25, 0.3) is 0 Å². The van der Waals surface area contributed by atoms with E-state index in [2.05, 4.69) is 17.6 Å². The smallest absolute Gasteiger partial charge is 0.319 e. The number of ether oxygens (including phenoxy) is 1. The van der Waals surface area contributed by atoms with E-state index in [9.17, 15) is 9.90 Å². The van der Waals surface area contributed by atoms with Crippen molar-refractivity contribution >= 4 is 11.7 Å². The number of carbonyl (C=O) groups excluding carboxylic acids is 1. The highest BCUT2D eigenvalue weighted by molar-refractivity contribution is 5.90. The van der Waals surface area contributed by atoms with Crippen LogP contribution in [0.15, 0.2) is 18.2 Å². The largest absolute Gasteiger partial charge is 0.494 e. The zero-order valence-corrected chi connectivity index (χ0v) is 13.4. The molecule has 3 N–H and O–H groups in total. The van der Waals surface area contributed by atoms with Gasteiger partial charge in [-0.3, -0.25) is 0 Å². The Hall–Kier alpha value is -1.75. The van der Waals surface area contributed by atoms with Crippen LogP contribution in [0.1, 0.15) is 44.6 Å². The maximum atomic E-state index is 12.0. The molecule has 5 nitrogen and oxygen atoms in total. The fraction of sp³-hybridized carbons (Fsp3) is 0.588. The van der Waals surface area contributed by atoms with E-state index in [1.807, 2.05) is 25.1 Å². The molecule has 0 saturated heterocycles. The van der Waals surface area contributed by atoms with Crippen molar-refractivity contribution in [3.63, 3.8) is 0 Å². The van der Waals surface area contributed by atoms with E-state index in [-0.39, 0.29) is 6.03 Å². The SMILES string of the molecule is CCCOc1ccc(NC(=O)NCC2(O)CCCC2)c(C)c1. The predicted molar refractivity (Wildman–Crippen MR) is 87.4 cm³/mol. The number of rotatable bonds is 6. The normalized spacial score (nSPS) is 16.3. The highest BCUT2D eigenvalue weighted by Crippen LogP contribution is 2.28. The lowest BCUT2D eigenvalue weighted by Gasteiger charge is -2.22. The highest BCUT2D eigenvalue weighted by atomic mass is 16.5. The molecule has 1 aliphatic rings. The van der Waals surface area contributed by atoms with Crippen LogP contribution in [0.5, 0.6) is 5.75 Å². The zero-order valence-electron chi connectivity index (χ0n) is 13.4. The number of hydrogen-bond acceptors (Lipinski definition) is 3. The van der Waals surface area contributed by atoms with E-state index in [0.29, 0.717) is 13.2 Å². The minimum Gasteiger partial charge on any atom is -0.494 e. The Balaban J connectivity index is 1.85. The molecule has 1 aromatic rings. The zero-order chi connectivity index (χ0) is 16.0. The monoisotopic (exact) mass is 306 g/mol. The average molecular weight is 306 g/mol. The quantitative estimate of drug-likeness (QED) is 0.756. The molecule has 5 heteroatoms. The fourth-order valence-electron chi connectivity index (χ4n) is 2.71. The van der Waals surface area contributed by atoms with Crippen LogP contribution in [0.2, 0.25) is 0 Å². The van der Waals surface area contributed by atoms with Crippen LogP contribution in [-0.4, -0.2) is 29.9 Å². The molecule has 1 fully saturated rings. The Labute approximate surface area is 132 Å². The molecule has 22 heavy (non-hydrogen) atoms. The van der Waals surface area contributed by atoms with Gasteiger partial charge in [-0.15, -0.1) is 0 Å². The van der Waals surface area contributed by atoms with E-state index in [1.54, 1.807) is 0 Å². The summed E-state index contributed by atoms with van der Waals surface area (Å²) in [6, 6.07) is 5.31. The van der Waals surface area contributed by atoms with E-state index >= 15 is 0 Å². The first-order valence-corrected chi connectivity index (χ1v) is 8.03. The van der Waals surface area contributed by atoms with Crippen molar-refractivity contribution in [3.8, 4) is 5.75 Å². The van der Waals surface area contributed by atoms with Crippen LogP contribution in [0.3, 0.4) is 0 Å². The topological polar surface area (TPSA) is 70.6 Å². The van der Waals surface area contributed by atoms with E-state index in [1.165, 1.54) is 0 Å². The molecule has 0 heterocycles. The molecule has 0 atom stereocenters. The van der Waals surface area contributed by atoms with Crippen molar-refractivity contribution in [2.45, 2.75) is 51.6 Å². The first-order chi connectivity index (χ1) is 10.5. The third-order valence-electron chi connectivity index (χ3n) is 4.03. The Morgan fingerprint density at radius 3 is 2.73 bits per heavy atom. The number of amides is 2. The molecule has 2 rings (SSSR count). The molecule has 0 radical (unpaired) electrons. The summed E-state index contributed by atoms with van der Waals surface area (Å²) in [6.45, 7) is 4.98. The lowest BCUT2D eigenvalue weighted by Crippen LogP contribution is -2.42. The summed E-state index contributed by atoms with van der Waals surface area (Å²) < 4.78 is 5.56. The number of aliphatic hydroxyl groups is 1. The lowest BCUT2D eigenvalue weighted by molar-refractivity contribution is 0.0506. The third-order valence-corrected chi connectivity index (χ3v) is 4.03. The van der Waals surface area contributed by atoms with Crippen LogP contribution in [0.4, 0.5) is 10.5 Å². The van der Waals surface area contributed by atoms with Crippen molar-refractivity contribution in [1.82, 2.24) is 5.32 Å². The Morgan fingerprint density at radius 1 is 1.36 bits per heavy atom. The minimum absolute atomic E-state index is 0.286. The molecule has 0 spiro atoms. The van der Waals surface area contributed by atoms with E-state index in [0.717, 1.165) is 49.1 Å². The first kappa shape index (κ1) is 16.6. The molecule has 1 aliphatic carbocycles. The van der Waals surface area contributed by atoms with Crippen molar-refractivity contribution < 1.29 is 14.6 Å². The molecule has 0 unspecified atom stereocenters. The number of nitrogens with one attached hydrogen (secondary N) is 2. The molecule has 0 aliphatic heterocycles. The number of aryl methyl sites for hydroxylation is 1. The highest BCUT2D eigenvalue weighted by Gasteiger charge is 2.31. The maximum Gasteiger partial charge on any atom is 0.319 e. The number of carbonyl (C=O) groups is 1. The Bertz CT molecular complexity index is 511. The van der Waals surface area contributed by atoms with Gasteiger partial charge in [-0.05, 0) is 49.9 Å². The molecule has 122 valence electrons. The number of urea groups is 1. The van der Waals surface area contributed by atoms with Gasteiger partial charge in [0.05, 0.1) is 12.2 Å². The average Bonchev–Trinajstić information content (AvgIpc) is 2.93. The van der Waals surface area contributed by atoms with Crippen LogP contribution in [-0.2, 0) is 0 Å². The van der Waals surface area contributed by atoms with Gasteiger partial charge in [-0.2, -0.15) is 0 Å². The standard InChI is InChI=1S/C17H26N2O3/c1-3-10-22-14-6-7-15(13(2)11-14)19-16(20)18-12-17(21)8-4-5-9-17/h6-7,11,21H,3-5,8-10,12H2,1-2H3,(H2,18,19,20). The molecule has 0 aromatic heterocycles. The predicted octanol–water partition coefficient (Wildman–Crippen LogP) is 3.21. The van der Waals surface area contributed by atoms with E-state index < -0.39 is 5.60 Å². The van der Waals surface area contributed by atoms with Gasteiger partial charge in [0.2, 0.25) is 0 Å². The summed E-state index contributed by atoms with van der Waals surface area (Å²) in [5, 5.41) is 15.8. The summed E-state index contributed by atoms with van der Waals surface area (Å²) in [7, 11) is 0. The molecular weight excluding hydrogens is 280 g/mol. The lowest BCUT2D eigenvalue weighted by atomic mass is 10.0. The van der Waals surface area contributed by atoms with Gasteiger partial charge in [-0.1, -0.05) is 19.8 Å². The molecule has 0 bridgehead atoms. The van der Waals surface area contributed by atoms with Gasteiger partial charge in [0.1, 0.15) is 5.75 Å². The maximum absolute atomic E-state index is 12.0. The Kier molecular flexibility index (Phi) is 5.66. The van der Waals surface area contributed by atoms with Gasteiger partial charge < -0.3 is 20.5 Å². The molecule has 1 aromatic carbocycles. The van der Waals surface area contributed by atoms with Crippen LogP contribution >= 0.6 is 0 Å². The number of anilines is 1. The van der Waals surface area contributed by atoms with Gasteiger partial charge in [0.15, 0.2) is 0 Å². The fourth-order valence-corrected chi connectivity index (χ4v) is 2.71. The number of benzene rings is 1. The van der Waals surface area contributed by atoms with Crippen molar-refractivity contribution in [3.05, 3.63) is 23.8 Å². The number of hydrogen-bond donors (Lipinski definition) is 3. The summed E-state index contributed by atoms with van der Waals surface area (Å²) in [5.74, 6) is 0.811. The van der Waals surface area contributed by atoms with Crippen LogP contribution in [0, 0.1) is 6.92 Å². The second kappa shape index (κ2) is 7.49. The summed E-state index contributed by atoms with van der Waals surface area (Å²) in [4.78, 5) is 12.0. The van der Waals surface area contributed by atoms with E-state index in [4.69, 9.17) is 4.74 Å². The van der Waals surface area contributed by atoms with Crippen molar-refractivity contribution in [2.75, 3.05) is 18.5 Å². The van der Waals surface area contributed by atoms with Gasteiger partial charge in [-0.25, -0.2) is 4.79 Å². The summed E-state index contributed by atoms with van der Waals surface area (Å²) in [6.07, 6.45) is 4.53. The van der Waals surface area contributed by atoms with Crippen molar-refractivity contribution in [1.29, 1.82) is 0 Å². The van der Waals surface area contributed by atoms with Crippen LogP contribution < -0.4 is 15.4 Å². The summed E-state index contributed by atoms with van der Waals surface area (Å²) >= 11 is 0. The van der Waals surface area contributed by atoms with Gasteiger partial charge >= 0.3 is 6.03 Å². The second-order valence-electron chi connectivity index (χ2n) is 6.06. The van der Waals surface area contributed by atoms with Crippen LogP contribution in [0.25, 0.3) is 0 Å². The first-order valence-electron chi connectivity index (χ1n) is 8.03. The molecule has 2 amide bonds. The third kappa shape index (κ3) is 4.63. The molecule has 1 saturated carbocycles. The van der Waals surface area contributed by atoms with Gasteiger partial charge in [0, 0.05) is 12.2 Å².